The van der Waals surface area contributed by atoms with E-state index in [1.807, 2.05) is 24.3 Å². The molecule has 0 aromatic heterocycles. The molecule has 3 rings (SSSR count). The molecule has 1 fully saturated rings. The van der Waals surface area contributed by atoms with E-state index in [2.05, 4.69) is 35.6 Å². The first-order valence-corrected chi connectivity index (χ1v) is 9.50. The lowest BCUT2D eigenvalue weighted by molar-refractivity contribution is -0.898. The Balaban J connectivity index is 1.39. The maximum absolute atomic E-state index is 12.3. The lowest BCUT2D eigenvalue weighted by atomic mass is 9.90. The highest BCUT2D eigenvalue weighted by Crippen LogP contribution is 2.17. The van der Waals surface area contributed by atoms with E-state index in [1.165, 1.54) is 23.3 Å². The highest BCUT2D eigenvalue weighted by atomic mass is 16.5. The number of hydrogen-bond donors (Lipinski definition) is 2. The van der Waals surface area contributed by atoms with Crippen LogP contribution in [-0.4, -0.2) is 32.7 Å². The summed E-state index contributed by atoms with van der Waals surface area (Å²) in [7, 11) is 1.66. The van der Waals surface area contributed by atoms with Gasteiger partial charge in [-0.25, -0.2) is 0 Å². The van der Waals surface area contributed by atoms with Crippen molar-refractivity contribution in [3.8, 4) is 5.75 Å². The van der Waals surface area contributed by atoms with E-state index in [0.717, 1.165) is 36.7 Å². The second-order valence-electron chi connectivity index (χ2n) is 7.15. The molecule has 4 nitrogen and oxygen atoms in total. The van der Waals surface area contributed by atoms with Gasteiger partial charge in [-0.3, -0.25) is 4.79 Å². The quantitative estimate of drug-likeness (QED) is 0.798. The Kier molecular flexibility index (Phi) is 6.67. The first-order chi connectivity index (χ1) is 12.7. The molecule has 1 aliphatic rings. The Morgan fingerprint density at radius 1 is 1.08 bits per heavy atom. The Hall–Kier alpha value is -2.33. The van der Waals surface area contributed by atoms with Gasteiger partial charge in [0.2, 0.25) is 0 Å². The number of amides is 1. The van der Waals surface area contributed by atoms with E-state index in [0.29, 0.717) is 13.1 Å². The summed E-state index contributed by atoms with van der Waals surface area (Å²) in [5, 5.41) is 3.03. The number of piperidine rings is 1. The van der Waals surface area contributed by atoms with Crippen LogP contribution in [0.4, 0.5) is 0 Å². The largest absolute Gasteiger partial charge is 0.496 e. The van der Waals surface area contributed by atoms with Crippen LogP contribution in [0.1, 0.15) is 24.0 Å². The molecule has 2 aromatic rings. The second-order valence-corrected chi connectivity index (χ2v) is 7.15. The van der Waals surface area contributed by atoms with Crippen molar-refractivity contribution in [3.63, 3.8) is 0 Å². The molecule has 0 bridgehead atoms. The molecule has 4 heteroatoms. The smallest absolute Gasteiger partial charge is 0.275 e. The minimum absolute atomic E-state index is 0.118. The zero-order valence-corrected chi connectivity index (χ0v) is 15.5. The van der Waals surface area contributed by atoms with Crippen molar-refractivity contribution in [3.05, 3.63) is 65.7 Å². The number of hydrogen-bond acceptors (Lipinski definition) is 2. The van der Waals surface area contributed by atoms with E-state index >= 15 is 0 Å². The van der Waals surface area contributed by atoms with Crippen molar-refractivity contribution in [1.82, 2.24) is 5.32 Å². The summed E-state index contributed by atoms with van der Waals surface area (Å²) in [5.41, 5.74) is 2.44. The van der Waals surface area contributed by atoms with Gasteiger partial charge in [0.1, 0.15) is 5.75 Å². The van der Waals surface area contributed by atoms with Crippen LogP contribution in [0.15, 0.2) is 54.6 Å². The van der Waals surface area contributed by atoms with Crippen molar-refractivity contribution in [2.45, 2.75) is 25.8 Å². The fraction of sp³-hybridized carbons (Fsp3) is 0.409. The van der Waals surface area contributed by atoms with Gasteiger partial charge in [-0.1, -0.05) is 48.5 Å². The molecule has 1 aliphatic heterocycles. The number of rotatable bonds is 7. The topological polar surface area (TPSA) is 42.8 Å². The molecule has 0 aliphatic carbocycles. The Bertz CT molecular complexity index is 694. The van der Waals surface area contributed by atoms with Gasteiger partial charge in [0.15, 0.2) is 6.54 Å². The Labute approximate surface area is 156 Å². The average molecular weight is 353 g/mol. The Morgan fingerprint density at radius 2 is 1.77 bits per heavy atom. The predicted octanol–water partition coefficient (Wildman–Crippen LogP) is 1.85. The zero-order valence-electron chi connectivity index (χ0n) is 15.5. The molecule has 1 heterocycles. The van der Waals surface area contributed by atoms with E-state index in [9.17, 15) is 4.79 Å². The minimum atomic E-state index is 0.118. The first-order valence-electron chi connectivity index (χ1n) is 9.50. The van der Waals surface area contributed by atoms with Gasteiger partial charge in [-0.05, 0) is 36.8 Å². The van der Waals surface area contributed by atoms with E-state index in [-0.39, 0.29) is 5.91 Å². The molecule has 0 unspecified atom stereocenters. The van der Waals surface area contributed by atoms with Gasteiger partial charge >= 0.3 is 0 Å². The van der Waals surface area contributed by atoms with Gasteiger partial charge in [-0.15, -0.1) is 0 Å². The molecule has 138 valence electrons. The number of nitrogens with one attached hydrogen (secondary N) is 2. The fourth-order valence-corrected chi connectivity index (χ4v) is 3.75. The van der Waals surface area contributed by atoms with Crippen molar-refractivity contribution in [2.24, 2.45) is 5.92 Å². The SMILES string of the molecule is COc1ccccc1CNC(=O)C[NH+]1CCC(Cc2ccccc2)CC1. The third kappa shape index (κ3) is 5.33. The average Bonchev–Trinajstić information content (AvgIpc) is 2.69. The van der Waals surface area contributed by atoms with Crippen molar-refractivity contribution >= 4 is 5.91 Å². The molecular weight excluding hydrogens is 324 g/mol. The van der Waals surface area contributed by atoms with Crippen LogP contribution in [0, 0.1) is 5.92 Å². The Morgan fingerprint density at radius 3 is 2.50 bits per heavy atom. The number of quaternary nitrogens is 1. The van der Waals surface area contributed by atoms with Crippen LogP contribution in [-0.2, 0) is 17.8 Å². The van der Waals surface area contributed by atoms with Crippen molar-refractivity contribution in [2.75, 3.05) is 26.7 Å². The summed E-state index contributed by atoms with van der Waals surface area (Å²) in [4.78, 5) is 13.7. The van der Waals surface area contributed by atoms with E-state index in [4.69, 9.17) is 4.74 Å². The first kappa shape index (κ1) is 18.5. The molecule has 26 heavy (non-hydrogen) atoms. The van der Waals surface area contributed by atoms with E-state index < -0.39 is 0 Å². The van der Waals surface area contributed by atoms with Crippen molar-refractivity contribution < 1.29 is 14.4 Å². The number of methoxy groups -OCH3 is 1. The molecular formula is C22H29N2O2+. The van der Waals surface area contributed by atoms with Crippen LogP contribution in [0.5, 0.6) is 5.75 Å². The predicted molar refractivity (Wildman–Crippen MR) is 103 cm³/mol. The second kappa shape index (κ2) is 9.39. The van der Waals surface area contributed by atoms with Crippen LogP contribution in [0.2, 0.25) is 0 Å². The van der Waals surface area contributed by atoms with Gasteiger partial charge in [-0.2, -0.15) is 0 Å². The number of benzene rings is 2. The third-order valence-electron chi connectivity index (χ3n) is 5.26. The molecule has 0 spiro atoms. The van der Waals surface area contributed by atoms with Gasteiger partial charge in [0, 0.05) is 12.1 Å². The lowest BCUT2D eigenvalue weighted by Gasteiger charge is -2.29. The number of ether oxygens (including phenoxy) is 1. The molecule has 2 N–H and O–H groups in total. The summed E-state index contributed by atoms with van der Waals surface area (Å²) in [6.07, 6.45) is 3.56. The van der Waals surface area contributed by atoms with E-state index in [1.54, 1.807) is 7.11 Å². The maximum atomic E-state index is 12.3. The minimum Gasteiger partial charge on any atom is -0.496 e. The summed E-state index contributed by atoms with van der Waals surface area (Å²) in [6.45, 7) is 3.25. The van der Waals surface area contributed by atoms with Crippen LogP contribution >= 0.6 is 0 Å². The molecule has 0 saturated carbocycles. The highest BCUT2D eigenvalue weighted by Gasteiger charge is 2.24. The molecule has 0 radical (unpaired) electrons. The fourth-order valence-electron chi connectivity index (χ4n) is 3.75. The number of carbonyl (C=O) groups is 1. The summed E-state index contributed by atoms with van der Waals surface area (Å²) in [5.74, 6) is 1.69. The van der Waals surface area contributed by atoms with Crippen LogP contribution < -0.4 is 15.0 Å². The van der Waals surface area contributed by atoms with Gasteiger partial charge < -0.3 is 15.0 Å². The molecule has 2 aromatic carbocycles. The van der Waals surface area contributed by atoms with Crippen LogP contribution in [0.3, 0.4) is 0 Å². The summed E-state index contributed by atoms with van der Waals surface area (Å²) >= 11 is 0. The number of para-hydroxylation sites is 1. The van der Waals surface area contributed by atoms with Crippen molar-refractivity contribution in [1.29, 1.82) is 0 Å². The van der Waals surface area contributed by atoms with Gasteiger partial charge in [0.25, 0.3) is 5.91 Å². The van der Waals surface area contributed by atoms with Gasteiger partial charge in [0.05, 0.1) is 20.2 Å². The standard InChI is InChI=1S/C22H28N2O2/c1-26-21-10-6-5-9-20(21)16-23-22(25)17-24-13-11-19(12-14-24)15-18-7-3-2-4-8-18/h2-10,19H,11-17H2,1H3,(H,23,25)/p+1. The molecule has 1 saturated heterocycles. The molecule has 1 amide bonds. The van der Waals surface area contributed by atoms with Crippen LogP contribution in [0.25, 0.3) is 0 Å². The monoisotopic (exact) mass is 353 g/mol. The maximum Gasteiger partial charge on any atom is 0.275 e. The number of likely N-dealkylation sites (tertiary alicyclic amines) is 1. The number of carbonyl (C=O) groups excluding carboxylic acids is 1. The molecule has 0 atom stereocenters. The summed E-state index contributed by atoms with van der Waals surface area (Å²) in [6, 6.07) is 18.5. The lowest BCUT2D eigenvalue weighted by Crippen LogP contribution is -3.14. The normalized spacial score (nSPS) is 19.7. The highest BCUT2D eigenvalue weighted by molar-refractivity contribution is 5.76. The third-order valence-corrected chi connectivity index (χ3v) is 5.26. The summed E-state index contributed by atoms with van der Waals surface area (Å²) < 4.78 is 5.33. The zero-order chi connectivity index (χ0) is 18.2.